The van der Waals surface area contributed by atoms with Crippen molar-refractivity contribution in [3.05, 3.63) is 0 Å². The predicted octanol–water partition coefficient (Wildman–Crippen LogP) is 0.255. The number of carbonyl (C=O) groups is 2. The Morgan fingerprint density at radius 2 is 1.61 bits per heavy atom. The summed E-state index contributed by atoms with van der Waals surface area (Å²) in [4.78, 5) is 30.8. The maximum atomic E-state index is 13.1. The predicted molar refractivity (Wildman–Crippen MR) is 84.0 cm³/mol. The third kappa shape index (κ3) is 3.17. The number of hydrogen-bond donors (Lipinski definition) is 0. The van der Waals surface area contributed by atoms with E-state index in [0.717, 1.165) is 12.8 Å². The van der Waals surface area contributed by atoms with E-state index in [1.807, 2.05) is 9.80 Å². The minimum absolute atomic E-state index is 0.00635. The Kier molecular flexibility index (Phi) is 4.77. The molecule has 0 saturated carbocycles. The maximum absolute atomic E-state index is 13.1. The first-order chi connectivity index (χ1) is 11.0. The number of hydrogen-bond acceptors (Lipinski definition) is 4. The molecule has 3 heterocycles. The first-order valence-corrected chi connectivity index (χ1v) is 8.44. The molecule has 130 valence electrons. The third-order valence-electron chi connectivity index (χ3n) is 5.41. The van der Waals surface area contributed by atoms with Gasteiger partial charge in [-0.3, -0.25) is 4.79 Å². The number of nitrogens with zero attached hydrogens (tertiary/aromatic N) is 3. The van der Waals surface area contributed by atoms with E-state index in [0.29, 0.717) is 52.6 Å². The molecule has 23 heavy (non-hydrogen) atoms. The molecule has 0 N–H and O–H groups in total. The standard InChI is InChI=1S/C16H27N3O4/c1-17(2)15(21)19-11-13(14(20)18-5-9-23-10-6-18)16(12-19)3-7-22-8-4-16/h13H,3-12H2,1-2H3/t13-/m0/s1. The van der Waals surface area contributed by atoms with Gasteiger partial charge in [-0.2, -0.15) is 0 Å². The minimum atomic E-state index is -0.126. The first-order valence-electron chi connectivity index (χ1n) is 8.44. The Morgan fingerprint density at radius 3 is 2.22 bits per heavy atom. The van der Waals surface area contributed by atoms with Gasteiger partial charge in [0, 0.05) is 58.9 Å². The summed E-state index contributed by atoms with van der Waals surface area (Å²) in [7, 11) is 3.52. The van der Waals surface area contributed by atoms with Crippen LogP contribution in [-0.4, -0.2) is 93.3 Å². The molecule has 3 saturated heterocycles. The minimum Gasteiger partial charge on any atom is -0.381 e. The molecule has 0 bridgehead atoms. The lowest BCUT2D eigenvalue weighted by molar-refractivity contribution is -0.144. The molecule has 1 atom stereocenters. The zero-order valence-corrected chi connectivity index (χ0v) is 14.1. The second-order valence-electron chi connectivity index (χ2n) is 7.02. The SMILES string of the molecule is CN(C)C(=O)N1C[C@@H](C(=O)N2CCOCC2)C2(CCOCC2)C1. The summed E-state index contributed by atoms with van der Waals surface area (Å²) in [6.07, 6.45) is 1.70. The second kappa shape index (κ2) is 6.65. The lowest BCUT2D eigenvalue weighted by Crippen LogP contribution is -2.49. The van der Waals surface area contributed by atoms with Crippen molar-refractivity contribution in [2.75, 3.05) is 66.7 Å². The van der Waals surface area contributed by atoms with Crippen molar-refractivity contribution in [2.45, 2.75) is 12.8 Å². The van der Waals surface area contributed by atoms with E-state index < -0.39 is 0 Å². The summed E-state index contributed by atoms with van der Waals surface area (Å²) >= 11 is 0. The average Bonchev–Trinajstić information content (AvgIpc) is 2.93. The molecule has 3 amide bonds. The number of likely N-dealkylation sites (tertiary alicyclic amines) is 1. The van der Waals surface area contributed by atoms with Crippen LogP contribution in [0.4, 0.5) is 4.79 Å². The number of ether oxygens (including phenoxy) is 2. The van der Waals surface area contributed by atoms with Crippen molar-refractivity contribution in [1.29, 1.82) is 0 Å². The van der Waals surface area contributed by atoms with Gasteiger partial charge < -0.3 is 24.2 Å². The Bertz CT molecular complexity index is 456. The molecular formula is C16H27N3O4. The molecule has 0 aliphatic carbocycles. The van der Waals surface area contributed by atoms with Crippen molar-refractivity contribution in [2.24, 2.45) is 11.3 Å². The fourth-order valence-electron chi connectivity index (χ4n) is 4.03. The van der Waals surface area contributed by atoms with E-state index in [2.05, 4.69) is 0 Å². The van der Waals surface area contributed by atoms with Crippen LogP contribution in [0.3, 0.4) is 0 Å². The van der Waals surface area contributed by atoms with E-state index in [1.165, 1.54) is 0 Å². The summed E-state index contributed by atoms with van der Waals surface area (Å²) in [5.41, 5.74) is -0.126. The average molecular weight is 325 g/mol. The highest BCUT2D eigenvalue weighted by Gasteiger charge is 2.52. The van der Waals surface area contributed by atoms with Gasteiger partial charge in [0.25, 0.3) is 0 Å². The highest BCUT2D eigenvalue weighted by atomic mass is 16.5. The summed E-state index contributed by atoms with van der Waals surface area (Å²) in [5, 5.41) is 0. The van der Waals surface area contributed by atoms with E-state index in [-0.39, 0.29) is 23.3 Å². The number of rotatable bonds is 1. The Morgan fingerprint density at radius 1 is 1.00 bits per heavy atom. The van der Waals surface area contributed by atoms with E-state index in [9.17, 15) is 9.59 Å². The summed E-state index contributed by atoms with van der Waals surface area (Å²) in [6, 6.07) is -0.00635. The van der Waals surface area contributed by atoms with Crippen molar-refractivity contribution in [3.63, 3.8) is 0 Å². The van der Waals surface area contributed by atoms with Crippen LogP contribution in [0, 0.1) is 11.3 Å². The largest absolute Gasteiger partial charge is 0.381 e. The smallest absolute Gasteiger partial charge is 0.319 e. The van der Waals surface area contributed by atoms with Crippen molar-refractivity contribution >= 4 is 11.9 Å². The van der Waals surface area contributed by atoms with Gasteiger partial charge in [0.2, 0.25) is 5.91 Å². The van der Waals surface area contributed by atoms with Crippen LogP contribution in [0.1, 0.15) is 12.8 Å². The molecule has 0 radical (unpaired) electrons. The van der Waals surface area contributed by atoms with Gasteiger partial charge in [0.05, 0.1) is 19.1 Å². The molecule has 3 aliphatic rings. The van der Waals surface area contributed by atoms with Crippen LogP contribution in [0.5, 0.6) is 0 Å². The van der Waals surface area contributed by atoms with Gasteiger partial charge in [0.15, 0.2) is 0 Å². The number of amides is 3. The Balaban J connectivity index is 1.79. The highest BCUT2D eigenvalue weighted by molar-refractivity contribution is 5.83. The molecule has 0 aromatic rings. The molecular weight excluding hydrogens is 298 g/mol. The van der Waals surface area contributed by atoms with E-state index >= 15 is 0 Å². The topological polar surface area (TPSA) is 62.3 Å². The molecule has 1 spiro atoms. The van der Waals surface area contributed by atoms with Crippen LogP contribution in [0.15, 0.2) is 0 Å². The number of carbonyl (C=O) groups excluding carboxylic acids is 2. The van der Waals surface area contributed by atoms with Crippen molar-refractivity contribution < 1.29 is 19.1 Å². The first kappa shape index (κ1) is 16.5. The second-order valence-corrected chi connectivity index (χ2v) is 7.02. The quantitative estimate of drug-likeness (QED) is 0.694. The van der Waals surface area contributed by atoms with Gasteiger partial charge in [-0.25, -0.2) is 4.79 Å². The van der Waals surface area contributed by atoms with Crippen molar-refractivity contribution in [1.82, 2.24) is 14.7 Å². The summed E-state index contributed by atoms with van der Waals surface area (Å²) < 4.78 is 10.9. The summed E-state index contributed by atoms with van der Waals surface area (Å²) in [6.45, 7) is 5.06. The molecule has 3 aliphatic heterocycles. The maximum Gasteiger partial charge on any atom is 0.319 e. The van der Waals surface area contributed by atoms with Gasteiger partial charge in [0.1, 0.15) is 0 Å². The molecule has 7 heteroatoms. The van der Waals surface area contributed by atoms with E-state index in [4.69, 9.17) is 9.47 Å². The lowest BCUT2D eigenvalue weighted by Gasteiger charge is -2.39. The van der Waals surface area contributed by atoms with Gasteiger partial charge in [-0.05, 0) is 12.8 Å². The summed E-state index contributed by atoms with van der Waals surface area (Å²) in [5.74, 6) is 0.0673. The Labute approximate surface area is 137 Å². The van der Waals surface area contributed by atoms with Crippen LogP contribution in [0.2, 0.25) is 0 Å². The van der Waals surface area contributed by atoms with Gasteiger partial charge >= 0.3 is 6.03 Å². The van der Waals surface area contributed by atoms with Crippen LogP contribution >= 0.6 is 0 Å². The highest BCUT2D eigenvalue weighted by Crippen LogP contribution is 2.45. The number of morpholine rings is 1. The van der Waals surface area contributed by atoms with E-state index in [1.54, 1.807) is 19.0 Å². The molecule has 7 nitrogen and oxygen atoms in total. The fourth-order valence-corrected chi connectivity index (χ4v) is 4.03. The van der Waals surface area contributed by atoms with Crippen molar-refractivity contribution in [3.8, 4) is 0 Å². The van der Waals surface area contributed by atoms with Crippen LogP contribution in [-0.2, 0) is 14.3 Å². The molecule has 3 fully saturated rings. The van der Waals surface area contributed by atoms with Crippen LogP contribution < -0.4 is 0 Å². The molecule has 0 aromatic carbocycles. The van der Waals surface area contributed by atoms with Crippen LogP contribution in [0.25, 0.3) is 0 Å². The monoisotopic (exact) mass is 325 g/mol. The zero-order chi connectivity index (χ0) is 16.4. The Hall–Kier alpha value is -1.34. The fraction of sp³-hybridized carbons (Fsp3) is 0.875. The molecule has 3 rings (SSSR count). The third-order valence-corrected chi connectivity index (χ3v) is 5.41. The lowest BCUT2D eigenvalue weighted by atomic mass is 9.71. The molecule has 0 aromatic heterocycles. The zero-order valence-electron chi connectivity index (χ0n) is 14.1. The van der Waals surface area contributed by atoms with Gasteiger partial charge in [-0.15, -0.1) is 0 Å². The number of urea groups is 1. The molecule has 0 unspecified atom stereocenters. The normalized spacial score (nSPS) is 27.3. The van der Waals surface area contributed by atoms with Gasteiger partial charge in [-0.1, -0.05) is 0 Å².